The van der Waals surface area contributed by atoms with Crippen molar-refractivity contribution < 1.29 is 9.90 Å². The van der Waals surface area contributed by atoms with E-state index in [2.05, 4.69) is 27.3 Å². The van der Waals surface area contributed by atoms with Gasteiger partial charge < -0.3 is 15.3 Å². The molecule has 0 radical (unpaired) electrons. The zero-order valence-electron chi connectivity index (χ0n) is 16.0. The smallest absolute Gasteiger partial charge is 0.267 e. The molecule has 3 fully saturated rings. The van der Waals surface area contributed by atoms with Crippen molar-refractivity contribution in [1.82, 2.24) is 15.1 Å². The Labute approximate surface area is 157 Å². The lowest BCUT2D eigenvalue weighted by atomic mass is 9.82. The van der Waals surface area contributed by atoms with Crippen LogP contribution >= 0.6 is 0 Å². The summed E-state index contributed by atoms with van der Waals surface area (Å²) in [7, 11) is 0. The molecule has 4 rings (SSSR count). The Kier molecular flexibility index (Phi) is 5.11. The molecule has 2 aliphatic carbocycles. The van der Waals surface area contributed by atoms with Crippen LogP contribution in [0.1, 0.15) is 64.7 Å². The summed E-state index contributed by atoms with van der Waals surface area (Å²) in [6.07, 6.45) is 16.0. The molecule has 2 saturated carbocycles. The van der Waals surface area contributed by atoms with Crippen LogP contribution in [0.5, 0.6) is 0 Å². The first kappa shape index (κ1) is 18.1. The molecule has 1 unspecified atom stereocenters. The van der Waals surface area contributed by atoms with Gasteiger partial charge in [-0.05, 0) is 70.4 Å². The third-order valence-corrected chi connectivity index (χ3v) is 6.44. The molecular formula is C21H33N3O2. The zero-order valence-corrected chi connectivity index (χ0v) is 16.0. The van der Waals surface area contributed by atoms with Crippen LogP contribution in [-0.4, -0.2) is 57.8 Å². The summed E-state index contributed by atoms with van der Waals surface area (Å²) in [5.41, 5.74) is 0.268. The number of hydrogen-bond acceptors (Lipinski definition) is 4. The van der Waals surface area contributed by atoms with Gasteiger partial charge in [-0.1, -0.05) is 12.5 Å². The number of hydrogen-bond donors (Lipinski definition) is 2. The van der Waals surface area contributed by atoms with Gasteiger partial charge in [0.05, 0.1) is 5.60 Å². The highest BCUT2D eigenvalue weighted by molar-refractivity contribution is 5.94. The van der Waals surface area contributed by atoms with E-state index in [0.29, 0.717) is 12.1 Å². The van der Waals surface area contributed by atoms with Gasteiger partial charge in [-0.2, -0.15) is 0 Å². The number of nitrogens with zero attached hydrogens (tertiary/aromatic N) is 2. The second-order valence-electron chi connectivity index (χ2n) is 8.83. The molecule has 0 aromatic heterocycles. The first-order chi connectivity index (χ1) is 12.5. The van der Waals surface area contributed by atoms with Crippen LogP contribution in [0.15, 0.2) is 23.9 Å². The first-order valence-corrected chi connectivity index (χ1v) is 10.5. The molecular weight excluding hydrogens is 326 g/mol. The van der Waals surface area contributed by atoms with Gasteiger partial charge in [-0.15, -0.1) is 0 Å². The van der Waals surface area contributed by atoms with Crippen LogP contribution in [-0.2, 0) is 4.79 Å². The van der Waals surface area contributed by atoms with Crippen LogP contribution in [0.2, 0.25) is 0 Å². The van der Waals surface area contributed by atoms with E-state index in [-0.39, 0.29) is 12.1 Å². The van der Waals surface area contributed by atoms with Gasteiger partial charge >= 0.3 is 0 Å². The van der Waals surface area contributed by atoms with Gasteiger partial charge in [0.25, 0.3) is 5.91 Å². The number of carbonyl (C=O) groups excluding carboxylic acids is 1. The van der Waals surface area contributed by atoms with Gasteiger partial charge in [-0.3, -0.25) is 9.69 Å². The lowest BCUT2D eigenvalue weighted by Gasteiger charge is -2.49. The number of carbonyl (C=O) groups is 1. The molecule has 1 amide bonds. The second-order valence-corrected chi connectivity index (χ2v) is 8.83. The normalized spacial score (nSPS) is 35.9. The maximum Gasteiger partial charge on any atom is 0.267 e. The third kappa shape index (κ3) is 3.99. The van der Waals surface area contributed by atoms with Crippen molar-refractivity contribution in [3.63, 3.8) is 0 Å². The fraction of sp³-hybridized carbons (Fsp3) is 0.762. The largest absolute Gasteiger partial charge is 0.390 e. The van der Waals surface area contributed by atoms with Crippen molar-refractivity contribution in [2.45, 2.75) is 88.6 Å². The maximum absolute atomic E-state index is 12.9. The van der Waals surface area contributed by atoms with E-state index in [0.717, 1.165) is 57.3 Å². The minimum atomic E-state index is -0.553. The first-order valence-electron chi connectivity index (χ1n) is 10.5. The summed E-state index contributed by atoms with van der Waals surface area (Å²) in [6.45, 7) is 4.15. The fourth-order valence-electron chi connectivity index (χ4n) is 4.64. The maximum atomic E-state index is 12.9. The lowest BCUT2D eigenvalue weighted by Crippen LogP contribution is -2.56. The van der Waals surface area contributed by atoms with E-state index in [1.54, 1.807) is 0 Å². The molecule has 26 heavy (non-hydrogen) atoms. The predicted molar refractivity (Wildman–Crippen MR) is 102 cm³/mol. The Morgan fingerprint density at radius 1 is 1.15 bits per heavy atom. The number of rotatable bonds is 4. The molecule has 1 saturated heterocycles. The minimum Gasteiger partial charge on any atom is -0.390 e. The molecule has 4 aliphatic rings. The van der Waals surface area contributed by atoms with Gasteiger partial charge in [0, 0.05) is 25.2 Å². The summed E-state index contributed by atoms with van der Waals surface area (Å²) in [5.74, 6) is 0.0798. The van der Waals surface area contributed by atoms with Crippen molar-refractivity contribution >= 4 is 5.91 Å². The second kappa shape index (κ2) is 7.35. The Morgan fingerprint density at radius 2 is 1.85 bits per heavy atom. The molecule has 2 heterocycles. The SMILES string of the molecule is CC1(O)CCC(N2C(C(=O)NC3CC3)=CC=CC2N2CCCCC2)CC1. The number of piperidine rings is 1. The lowest BCUT2D eigenvalue weighted by molar-refractivity contribution is -0.121. The Balaban J connectivity index is 1.56. The van der Waals surface area contributed by atoms with E-state index in [9.17, 15) is 9.90 Å². The average molecular weight is 360 g/mol. The summed E-state index contributed by atoms with van der Waals surface area (Å²) in [4.78, 5) is 17.8. The van der Waals surface area contributed by atoms with Gasteiger partial charge in [-0.25, -0.2) is 0 Å². The molecule has 5 nitrogen and oxygen atoms in total. The zero-order chi connectivity index (χ0) is 18.1. The molecule has 1 atom stereocenters. The molecule has 0 spiro atoms. The molecule has 0 bridgehead atoms. The number of allylic oxidation sites excluding steroid dienone is 2. The van der Waals surface area contributed by atoms with Crippen LogP contribution in [0.3, 0.4) is 0 Å². The predicted octanol–water partition coefficient (Wildman–Crippen LogP) is 2.53. The fourth-order valence-corrected chi connectivity index (χ4v) is 4.64. The minimum absolute atomic E-state index is 0.0798. The van der Waals surface area contributed by atoms with Crippen LogP contribution in [0.4, 0.5) is 0 Å². The Hall–Kier alpha value is -1.33. The molecule has 2 N–H and O–H groups in total. The highest BCUT2D eigenvalue weighted by Crippen LogP contribution is 2.36. The molecule has 0 aromatic carbocycles. The van der Waals surface area contributed by atoms with E-state index in [1.165, 1.54) is 19.3 Å². The quantitative estimate of drug-likeness (QED) is 0.810. The molecule has 0 aromatic rings. The van der Waals surface area contributed by atoms with Gasteiger partial charge in [0.1, 0.15) is 11.9 Å². The molecule has 5 heteroatoms. The van der Waals surface area contributed by atoms with Crippen LogP contribution in [0, 0.1) is 0 Å². The third-order valence-electron chi connectivity index (χ3n) is 6.44. The highest BCUT2D eigenvalue weighted by atomic mass is 16.3. The Bertz CT molecular complexity index is 578. The Morgan fingerprint density at radius 3 is 2.50 bits per heavy atom. The average Bonchev–Trinajstić information content (AvgIpc) is 3.46. The number of aliphatic hydroxyl groups is 1. The number of nitrogens with one attached hydrogen (secondary N) is 1. The van der Waals surface area contributed by atoms with E-state index >= 15 is 0 Å². The topological polar surface area (TPSA) is 55.8 Å². The van der Waals surface area contributed by atoms with Gasteiger partial charge in [0.2, 0.25) is 0 Å². The summed E-state index contributed by atoms with van der Waals surface area (Å²) < 4.78 is 0. The molecule has 144 valence electrons. The van der Waals surface area contributed by atoms with Crippen molar-refractivity contribution in [2.24, 2.45) is 0 Å². The van der Waals surface area contributed by atoms with E-state index in [1.807, 2.05) is 13.0 Å². The van der Waals surface area contributed by atoms with Crippen molar-refractivity contribution in [3.05, 3.63) is 23.9 Å². The molecule has 2 aliphatic heterocycles. The standard InChI is InChI=1S/C21H33N3O2/c1-21(26)12-10-17(11-13-21)24-18(20(25)22-16-8-9-16)6-5-7-19(24)23-14-3-2-4-15-23/h5-7,16-17,19,26H,2-4,8-15H2,1H3,(H,22,25). The number of amides is 1. The van der Waals surface area contributed by atoms with Crippen molar-refractivity contribution in [2.75, 3.05) is 13.1 Å². The van der Waals surface area contributed by atoms with Gasteiger partial charge in [0.15, 0.2) is 0 Å². The monoisotopic (exact) mass is 359 g/mol. The number of likely N-dealkylation sites (tertiary alicyclic amines) is 1. The van der Waals surface area contributed by atoms with Crippen molar-refractivity contribution in [1.29, 1.82) is 0 Å². The van der Waals surface area contributed by atoms with Crippen LogP contribution in [0.25, 0.3) is 0 Å². The van der Waals surface area contributed by atoms with Crippen LogP contribution < -0.4 is 5.32 Å². The van der Waals surface area contributed by atoms with E-state index in [4.69, 9.17) is 0 Å². The van der Waals surface area contributed by atoms with Crippen molar-refractivity contribution in [3.8, 4) is 0 Å². The van der Waals surface area contributed by atoms with E-state index < -0.39 is 5.60 Å². The summed E-state index contributed by atoms with van der Waals surface area (Å²) in [6, 6.07) is 0.694. The summed E-state index contributed by atoms with van der Waals surface area (Å²) in [5, 5.41) is 13.6. The highest BCUT2D eigenvalue weighted by Gasteiger charge is 2.39. The summed E-state index contributed by atoms with van der Waals surface area (Å²) >= 11 is 0.